The van der Waals surface area contributed by atoms with E-state index in [4.69, 9.17) is 0 Å². The number of aromatic amines is 1. The van der Waals surface area contributed by atoms with Gasteiger partial charge in [-0.05, 0) is 44.6 Å². The predicted molar refractivity (Wildman–Crippen MR) is 102 cm³/mol. The fourth-order valence-electron chi connectivity index (χ4n) is 3.37. The lowest BCUT2D eigenvalue weighted by atomic mass is 9.92. The van der Waals surface area contributed by atoms with Gasteiger partial charge in [-0.25, -0.2) is 0 Å². The molecule has 1 unspecified atom stereocenters. The molecule has 0 aliphatic carbocycles. The van der Waals surface area contributed by atoms with Crippen LogP contribution in [0.2, 0.25) is 0 Å². The van der Waals surface area contributed by atoms with E-state index in [1.807, 2.05) is 31.3 Å². The molecule has 2 aromatic heterocycles. The minimum Gasteiger partial charge on any atom is -0.329 e. The van der Waals surface area contributed by atoms with Crippen LogP contribution in [0.3, 0.4) is 0 Å². The lowest BCUT2D eigenvalue weighted by Gasteiger charge is -2.23. The number of rotatable bonds is 4. The van der Waals surface area contributed by atoms with Gasteiger partial charge < -0.3 is 9.80 Å². The molecule has 0 saturated carbocycles. The van der Waals surface area contributed by atoms with E-state index in [2.05, 4.69) is 53.0 Å². The highest BCUT2D eigenvalue weighted by Gasteiger charge is 2.33. The number of likely N-dealkylation sites (tertiary alicyclic amines) is 1. The van der Waals surface area contributed by atoms with Crippen LogP contribution in [-0.4, -0.2) is 51.5 Å². The Labute approximate surface area is 155 Å². The van der Waals surface area contributed by atoms with Gasteiger partial charge in [0.05, 0.1) is 11.7 Å². The first-order valence-corrected chi connectivity index (χ1v) is 9.22. The molecule has 0 aromatic carbocycles. The molecule has 0 radical (unpaired) electrons. The van der Waals surface area contributed by atoms with Crippen molar-refractivity contribution in [1.29, 1.82) is 0 Å². The van der Waals surface area contributed by atoms with Crippen molar-refractivity contribution >= 4 is 5.91 Å². The number of hydrogen-bond acceptors (Lipinski definition) is 4. The third kappa shape index (κ3) is 3.96. The summed E-state index contributed by atoms with van der Waals surface area (Å²) in [4.78, 5) is 21.7. The van der Waals surface area contributed by atoms with E-state index in [-0.39, 0.29) is 17.4 Å². The van der Waals surface area contributed by atoms with Crippen LogP contribution in [0, 0.1) is 0 Å². The van der Waals surface area contributed by atoms with Crippen LogP contribution in [-0.2, 0) is 12.0 Å². The Morgan fingerprint density at radius 2 is 2.12 bits per heavy atom. The number of carbonyl (C=O) groups is 1. The smallest absolute Gasteiger partial charge is 0.274 e. The number of aromatic nitrogens is 3. The summed E-state index contributed by atoms with van der Waals surface area (Å²) in [5, 5.41) is 7.27. The lowest BCUT2D eigenvalue weighted by molar-refractivity contribution is 0.0727. The van der Waals surface area contributed by atoms with Gasteiger partial charge in [0.25, 0.3) is 5.91 Å². The summed E-state index contributed by atoms with van der Waals surface area (Å²) in [5.41, 5.74) is 3.55. The number of hydrogen-bond donors (Lipinski definition) is 1. The van der Waals surface area contributed by atoms with Gasteiger partial charge in [0.2, 0.25) is 0 Å². The molecule has 6 nitrogen and oxygen atoms in total. The summed E-state index contributed by atoms with van der Waals surface area (Å²) >= 11 is 0. The van der Waals surface area contributed by atoms with Gasteiger partial charge in [0.1, 0.15) is 5.69 Å². The zero-order valence-electron chi connectivity index (χ0n) is 16.4. The van der Waals surface area contributed by atoms with Crippen LogP contribution < -0.4 is 0 Å². The van der Waals surface area contributed by atoms with Crippen molar-refractivity contribution in [2.45, 2.75) is 51.6 Å². The highest BCUT2D eigenvalue weighted by molar-refractivity contribution is 5.93. The summed E-state index contributed by atoms with van der Waals surface area (Å²) in [5.74, 6) is -0.0154. The van der Waals surface area contributed by atoms with Crippen LogP contribution >= 0.6 is 0 Å². The van der Waals surface area contributed by atoms with Crippen molar-refractivity contribution in [3.8, 4) is 0 Å². The Bertz CT molecular complexity index is 757. The van der Waals surface area contributed by atoms with E-state index >= 15 is 0 Å². The Hall–Kier alpha value is -2.21. The second kappa shape index (κ2) is 7.19. The molecule has 0 bridgehead atoms. The fourth-order valence-corrected chi connectivity index (χ4v) is 3.37. The first-order chi connectivity index (χ1) is 12.3. The van der Waals surface area contributed by atoms with Gasteiger partial charge in [0.15, 0.2) is 0 Å². The van der Waals surface area contributed by atoms with Gasteiger partial charge in [-0.2, -0.15) is 5.10 Å². The van der Waals surface area contributed by atoms with E-state index < -0.39 is 0 Å². The molecule has 140 valence electrons. The van der Waals surface area contributed by atoms with Crippen molar-refractivity contribution in [3.05, 3.63) is 47.0 Å². The van der Waals surface area contributed by atoms with E-state index in [1.54, 1.807) is 0 Å². The third-order valence-electron chi connectivity index (χ3n) is 4.81. The summed E-state index contributed by atoms with van der Waals surface area (Å²) < 4.78 is 0. The van der Waals surface area contributed by atoms with Gasteiger partial charge >= 0.3 is 0 Å². The van der Waals surface area contributed by atoms with Gasteiger partial charge in [0, 0.05) is 30.4 Å². The van der Waals surface area contributed by atoms with E-state index in [0.717, 1.165) is 37.3 Å². The van der Waals surface area contributed by atoms with Crippen LogP contribution in [0.25, 0.3) is 0 Å². The maximum atomic E-state index is 13.0. The Morgan fingerprint density at radius 3 is 2.69 bits per heavy atom. The average Bonchev–Trinajstić information content (AvgIpc) is 3.23. The first kappa shape index (κ1) is 18.6. The second-order valence-corrected chi connectivity index (χ2v) is 8.40. The molecule has 3 heterocycles. The van der Waals surface area contributed by atoms with Gasteiger partial charge in [-0.1, -0.05) is 26.8 Å². The zero-order chi connectivity index (χ0) is 18.9. The molecule has 6 heteroatoms. The number of amides is 1. The second-order valence-electron chi connectivity index (χ2n) is 8.40. The highest BCUT2D eigenvalue weighted by Crippen LogP contribution is 2.32. The molecular weight excluding hydrogens is 326 g/mol. The quantitative estimate of drug-likeness (QED) is 0.915. The van der Waals surface area contributed by atoms with Crippen LogP contribution in [0.4, 0.5) is 0 Å². The van der Waals surface area contributed by atoms with Crippen LogP contribution in [0.5, 0.6) is 0 Å². The van der Waals surface area contributed by atoms with Crippen molar-refractivity contribution in [3.63, 3.8) is 0 Å². The summed E-state index contributed by atoms with van der Waals surface area (Å²) in [6, 6.07) is 6.08. The molecule has 1 amide bonds. The monoisotopic (exact) mass is 355 g/mol. The first-order valence-electron chi connectivity index (χ1n) is 9.22. The minimum atomic E-state index is -0.0558. The number of pyridine rings is 1. The van der Waals surface area contributed by atoms with Crippen molar-refractivity contribution in [1.82, 2.24) is 25.0 Å². The number of nitrogens with one attached hydrogen (secondary N) is 1. The molecular formula is C20H29N5O. The van der Waals surface area contributed by atoms with E-state index in [1.165, 1.54) is 5.56 Å². The van der Waals surface area contributed by atoms with Crippen molar-refractivity contribution in [2.24, 2.45) is 0 Å². The fraction of sp³-hybridized carbons (Fsp3) is 0.550. The molecule has 1 aliphatic rings. The number of nitrogens with zero attached hydrogens (tertiary/aromatic N) is 4. The number of H-pyrrole nitrogens is 1. The Kier molecular flexibility index (Phi) is 5.14. The summed E-state index contributed by atoms with van der Waals surface area (Å²) in [7, 11) is 4.09. The molecule has 2 aromatic rings. The normalized spacial score (nSPS) is 17.9. The molecule has 1 fully saturated rings. The standard InChI is InChI=1S/C20H29N5O/c1-20(2,3)18-11-16(22-23-18)19(26)25-10-6-7-17(25)15-9-8-14(12-21-15)13-24(4)5/h8-9,11-12,17H,6-7,10,13H2,1-5H3,(H,22,23). The summed E-state index contributed by atoms with van der Waals surface area (Å²) in [6.07, 6.45) is 3.86. The van der Waals surface area contributed by atoms with Gasteiger partial charge in [-0.3, -0.25) is 14.9 Å². The zero-order valence-corrected chi connectivity index (χ0v) is 16.4. The predicted octanol–water partition coefficient (Wildman–Crippen LogP) is 3.14. The topological polar surface area (TPSA) is 65.1 Å². The maximum Gasteiger partial charge on any atom is 0.274 e. The van der Waals surface area contributed by atoms with Crippen molar-refractivity contribution < 1.29 is 4.79 Å². The number of carbonyl (C=O) groups excluding carboxylic acids is 1. The van der Waals surface area contributed by atoms with Crippen LogP contribution in [0.1, 0.15) is 67.1 Å². The molecule has 0 spiro atoms. The molecule has 1 aliphatic heterocycles. The van der Waals surface area contributed by atoms with Crippen molar-refractivity contribution in [2.75, 3.05) is 20.6 Å². The largest absolute Gasteiger partial charge is 0.329 e. The van der Waals surface area contributed by atoms with E-state index in [9.17, 15) is 4.79 Å². The minimum absolute atomic E-state index is 0.0154. The molecule has 3 rings (SSSR count). The summed E-state index contributed by atoms with van der Waals surface area (Å²) in [6.45, 7) is 7.93. The lowest BCUT2D eigenvalue weighted by Crippen LogP contribution is -2.31. The molecule has 1 N–H and O–H groups in total. The maximum absolute atomic E-state index is 13.0. The van der Waals surface area contributed by atoms with Crippen LogP contribution in [0.15, 0.2) is 24.4 Å². The third-order valence-corrected chi connectivity index (χ3v) is 4.81. The molecule has 1 saturated heterocycles. The Morgan fingerprint density at radius 1 is 1.35 bits per heavy atom. The SMILES string of the molecule is CN(C)Cc1ccc(C2CCCN2C(=O)c2cc(C(C)(C)C)[nH]n2)nc1. The van der Waals surface area contributed by atoms with E-state index in [0.29, 0.717) is 5.69 Å². The molecule has 26 heavy (non-hydrogen) atoms. The molecule has 1 atom stereocenters. The highest BCUT2D eigenvalue weighted by atomic mass is 16.2. The Balaban J connectivity index is 1.77. The average molecular weight is 355 g/mol. The van der Waals surface area contributed by atoms with Gasteiger partial charge in [-0.15, -0.1) is 0 Å².